The van der Waals surface area contributed by atoms with Crippen LogP contribution in [0.25, 0.3) is 0 Å². The molecule has 1 aliphatic rings. The van der Waals surface area contributed by atoms with Crippen molar-refractivity contribution in [3.8, 4) is 11.5 Å². The van der Waals surface area contributed by atoms with Gasteiger partial charge >= 0.3 is 5.97 Å². The lowest BCUT2D eigenvalue weighted by Crippen LogP contribution is -2.19. The molecule has 0 radical (unpaired) electrons. The van der Waals surface area contributed by atoms with Gasteiger partial charge in [0.1, 0.15) is 0 Å². The van der Waals surface area contributed by atoms with Gasteiger partial charge in [-0.15, -0.1) is 0 Å². The van der Waals surface area contributed by atoms with E-state index in [9.17, 15) is 9.59 Å². The molecule has 2 rings (SSSR count). The first kappa shape index (κ1) is 12.9. The molecule has 0 saturated carbocycles. The van der Waals surface area contributed by atoms with E-state index in [1.54, 1.807) is 19.9 Å². The van der Waals surface area contributed by atoms with E-state index in [1.807, 2.05) is 0 Å². The van der Waals surface area contributed by atoms with Gasteiger partial charge in [-0.1, -0.05) is 15.9 Å². The van der Waals surface area contributed by atoms with Crippen molar-refractivity contribution in [2.75, 3.05) is 13.4 Å². The fourth-order valence-electron chi connectivity index (χ4n) is 1.68. The SMILES string of the molecule is CCOC(=O)C(=O)c1c(C)c(Br)cc2c1OCO2. The van der Waals surface area contributed by atoms with Crippen LogP contribution < -0.4 is 9.47 Å². The Labute approximate surface area is 112 Å². The Hall–Kier alpha value is -1.56. The highest BCUT2D eigenvalue weighted by Gasteiger charge is 2.30. The van der Waals surface area contributed by atoms with Gasteiger partial charge in [0.15, 0.2) is 11.5 Å². The molecule has 0 aromatic heterocycles. The maximum atomic E-state index is 12.0. The zero-order chi connectivity index (χ0) is 13.3. The largest absolute Gasteiger partial charge is 0.460 e. The van der Waals surface area contributed by atoms with Crippen molar-refractivity contribution in [2.45, 2.75) is 13.8 Å². The number of esters is 1. The topological polar surface area (TPSA) is 61.8 Å². The molecule has 1 aromatic rings. The fourth-order valence-corrected chi connectivity index (χ4v) is 2.08. The molecule has 0 atom stereocenters. The highest BCUT2D eigenvalue weighted by atomic mass is 79.9. The van der Waals surface area contributed by atoms with Gasteiger partial charge in [0.2, 0.25) is 6.79 Å². The molecule has 0 amide bonds. The second-order valence-corrected chi connectivity index (χ2v) is 4.50. The predicted octanol–water partition coefficient (Wildman–Crippen LogP) is 2.23. The van der Waals surface area contributed by atoms with Crippen molar-refractivity contribution in [3.63, 3.8) is 0 Å². The summed E-state index contributed by atoms with van der Waals surface area (Å²) < 4.78 is 15.8. The second-order valence-electron chi connectivity index (χ2n) is 3.64. The number of benzene rings is 1. The van der Waals surface area contributed by atoms with E-state index in [4.69, 9.17) is 14.2 Å². The number of Topliss-reactive ketones (excluding diaryl/α,β-unsaturated/α-hetero) is 1. The molecule has 0 unspecified atom stereocenters. The van der Waals surface area contributed by atoms with Gasteiger partial charge in [0, 0.05) is 4.47 Å². The first-order valence-electron chi connectivity index (χ1n) is 5.36. The van der Waals surface area contributed by atoms with Crippen LogP contribution in [0, 0.1) is 6.92 Å². The Morgan fingerprint density at radius 2 is 2.17 bits per heavy atom. The number of ketones is 1. The summed E-state index contributed by atoms with van der Waals surface area (Å²) in [6.07, 6.45) is 0. The molecule has 0 saturated heterocycles. The minimum Gasteiger partial charge on any atom is -0.460 e. The molecule has 0 N–H and O–H groups in total. The lowest BCUT2D eigenvalue weighted by atomic mass is 10.0. The number of fused-ring (bicyclic) bond motifs is 1. The predicted molar refractivity (Wildman–Crippen MR) is 66.0 cm³/mol. The zero-order valence-electron chi connectivity index (χ0n) is 9.91. The number of halogens is 1. The minimum absolute atomic E-state index is 0.0360. The molecular formula is C12H11BrO5. The quantitative estimate of drug-likeness (QED) is 0.486. The molecular weight excluding hydrogens is 304 g/mol. The lowest BCUT2D eigenvalue weighted by molar-refractivity contribution is -0.137. The summed E-state index contributed by atoms with van der Waals surface area (Å²) in [4.78, 5) is 23.6. The molecule has 1 aliphatic heterocycles. The average Bonchev–Trinajstić information content (AvgIpc) is 2.77. The van der Waals surface area contributed by atoms with Crippen LogP contribution in [0.15, 0.2) is 10.5 Å². The van der Waals surface area contributed by atoms with E-state index in [-0.39, 0.29) is 19.0 Å². The van der Waals surface area contributed by atoms with Crippen molar-refractivity contribution in [1.29, 1.82) is 0 Å². The summed E-state index contributed by atoms with van der Waals surface area (Å²) in [5.74, 6) is -0.873. The first-order chi connectivity index (χ1) is 8.56. The smallest absolute Gasteiger partial charge is 0.379 e. The van der Waals surface area contributed by atoms with Crippen LogP contribution in [0.5, 0.6) is 11.5 Å². The van der Waals surface area contributed by atoms with Crippen LogP contribution in [-0.2, 0) is 9.53 Å². The standard InChI is InChI=1S/C12H11BrO5/c1-3-16-12(15)10(14)9-6(2)7(13)4-8-11(9)18-5-17-8/h4H,3,5H2,1-2H3. The van der Waals surface area contributed by atoms with E-state index >= 15 is 0 Å². The van der Waals surface area contributed by atoms with Crippen LogP contribution in [-0.4, -0.2) is 25.2 Å². The number of carbonyl (C=O) groups is 2. The lowest BCUT2D eigenvalue weighted by Gasteiger charge is -2.09. The van der Waals surface area contributed by atoms with Gasteiger partial charge in [0.25, 0.3) is 5.78 Å². The van der Waals surface area contributed by atoms with Crippen LogP contribution >= 0.6 is 15.9 Å². The molecule has 0 bridgehead atoms. The maximum absolute atomic E-state index is 12.0. The van der Waals surface area contributed by atoms with Gasteiger partial charge in [-0.3, -0.25) is 4.79 Å². The fraction of sp³-hybridized carbons (Fsp3) is 0.333. The van der Waals surface area contributed by atoms with Crippen LogP contribution in [0.4, 0.5) is 0 Å². The summed E-state index contributed by atoms with van der Waals surface area (Å²) in [6, 6.07) is 1.71. The normalized spacial score (nSPS) is 12.4. The van der Waals surface area contributed by atoms with Crippen molar-refractivity contribution >= 4 is 27.7 Å². The van der Waals surface area contributed by atoms with E-state index in [2.05, 4.69) is 15.9 Å². The Morgan fingerprint density at radius 3 is 2.83 bits per heavy atom. The Bertz CT molecular complexity index is 524. The summed E-state index contributed by atoms with van der Waals surface area (Å²) in [7, 11) is 0. The molecule has 1 heterocycles. The van der Waals surface area contributed by atoms with E-state index in [0.717, 1.165) is 0 Å². The van der Waals surface area contributed by atoms with Gasteiger partial charge in [0.05, 0.1) is 12.2 Å². The molecule has 18 heavy (non-hydrogen) atoms. The minimum atomic E-state index is -0.892. The van der Waals surface area contributed by atoms with Crippen LogP contribution in [0.3, 0.4) is 0 Å². The van der Waals surface area contributed by atoms with Gasteiger partial charge in [-0.05, 0) is 25.5 Å². The molecule has 0 aliphatic carbocycles. The number of rotatable bonds is 3. The summed E-state index contributed by atoms with van der Waals surface area (Å²) in [5.41, 5.74) is 0.813. The van der Waals surface area contributed by atoms with Gasteiger partial charge in [-0.25, -0.2) is 4.79 Å². The van der Waals surface area contributed by atoms with E-state index < -0.39 is 11.8 Å². The Kier molecular flexibility index (Phi) is 3.56. The number of carbonyl (C=O) groups excluding carboxylic acids is 2. The van der Waals surface area contributed by atoms with E-state index in [0.29, 0.717) is 21.5 Å². The van der Waals surface area contributed by atoms with Gasteiger partial charge in [-0.2, -0.15) is 0 Å². The third-order valence-electron chi connectivity index (χ3n) is 2.55. The Morgan fingerprint density at radius 1 is 1.44 bits per heavy atom. The highest BCUT2D eigenvalue weighted by molar-refractivity contribution is 9.10. The van der Waals surface area contributed by atoms with Crippen LogP contribution in [0.1, 0.15) is 22.8 Å². The monoisotopic (exact) mass is 314 g/mol. The summed E-state index contributed by atoms with van der Waals surface area (Å²) >= 11 is 3.32. The number of hydrogen-bond acceptors (Lipinski definition) is 5. The van der Waals surface area contributed by atoms with Crippen molar-refractivity contribution in [3.05, 3.63) is 21.7 Å². The van der Waals surface area contributed by atoms with Crippen molar-refractivity contribution in [2.24, 2.45) is 0 Å². The number of ether oxygens (including phenoxy) is 3. The first-order valence-corrected chi connectivity index (χ1v) is 6.15. The van der Waals surface area contributed by atoms with E-state index in [1.165, 1.54) is 0 Å². The molecule has 1 aromatic carbocycles. The molecule has 5 nitrogen and oxygen atoms in total. The third-order valence-corrected chi connectivity index (χ3v) is 3.37. The van der Waals surface area contributed by atoms with Gasteiger partial charge < -0.3 is 14.2 Å². The van der Waals surface area contributed by atoms with Crippen LogP contribution in [0.2, 0.25) is 0 Å². The highest BCUT2D eigenvalue weighted by Crippen LogP contribution is 2.41. The average molecular weight is 315 g/mol. The maximum Gasteiger partial charge on any atom is 0.379 e. The number of hydrogen-bond donors (Lipinski definition) is 0. The second kappa shape index (κ2) is 4.97. The molecule has 0 spiro atoms. The zero-order valence-corrected chi connectivity index (χ0v) is 11.5. The summed E-state index contributed by atoms with van der Waals surface area (Å²) in [6.45, 7) is 3.55. The van der Waals surface area contributed by atoms with Crippen molar-refractivity contribution in [1.82, 2.24) is 0 Å². The third kappa shape index (κ3) is 2.08. The summed E-state index contributed by atoms with van der Waals surface area (Å²) in [5, 5.41) is 0. The van der Waals surface area contributed by atoms with Crippen molar-refractivity contribution < 1.29 is 23.8 Å². The Balaban J connectivity index is 2.50. The molecule has 0 fully saturated rings. The molecule has 6 heteroatoms. The molecule has 96 valence electrons.